The molecule has 0 aliphatic carbocycles. The Kier molecular flexibility index (Phi) is 6.60. The van der Waals surface area contributed by atoms with Crippen LogP contribution in [-0.4, -0.2) is 20.2 Å². The molecule has 0 atom stereocenters. The molecule has 4 N–H and O–H groups in total. The van der Waals surface area contributed by atoms with Gasteiger partial charge in [0.25, 0.3) is 5.91 Å². The highest BCUT2D eigenvalue weighted by atomic mass is 35.5. The summed E-state index contributed by atoms with van der Waals surface area (Å²) in [5, 5.41) is 5.56. The number of nitrogens with one attached hydrogen (secondary N) is 2. The smallest absolute Gasteiger partial charge is 0.271 e. The predicted molar refractivity (Wildman–Crippen MR) is 98.2 cm³/mol. The van der Waals surface area contributed by atoms with E-state index in [1.165, 1.54) is 24.3 Å². The van der Waals surface area contributed by atoms with Crippen molar-refractivity contribution < 1.29 is 18.0 Å². The average molecular weight is 416 g/mol. The van der Waals surface area contributed by atoms with Gasteiger partial charge in [-0.2, -0.15) is 0 Å². The first-order chi connectivity index (χ1) is 12.2. The zero-order valence-electron chi connectivity index (χ0n) is 13.3. The molecule has 2 amide bonds. The summed E-state index contributed by atoms with van der Waals surface area (Å²) in [6.45, 7) is 0. The fourth-order valence-electron chi connectivity index (χ4n) is 2.03. The van der Waals surface area contributed by atoms with Crippen LogP contribution in [0.2, 0.25) is 10.0 Å². The molecule has 138 valence electrons. The van der Waals surface area contributed by atoms with E-state index in [0.29, 0.717) is 11.4 Å². The summed E-state index contributed by atoms with van der Waals surface area (Å²) in [6, 6.07) is 10.3. The van der Waals surface area contributed by atoms with Crippen LogP contribution < -0.4 is 16.0 Å². The van der Waals surface area contributed by atoms with Crippen LogP contribution >= 0.6 is 23.2 Å². The topological polar surface area (TPSA) is 118 Å². The van der Waals surface area contributed by atoms with Gasteiger partial charge in [0.1, 0.15) is 0 Å². The molecule has 2 rings (SSSR count). The number of aryl methyl sites for hydroxylation is 1. The summed E-state index contributed by atoms with van der Waals surface area (Å²) in [6.07, 6.45) is 0.433. The van der Waals surface area contributed by atoms with Crippen molar-refractivity contribution in [1.82, 2.24) is 10.9 Å². The molecular weight excluding hydrogens is 401 g/mol. The van der Waals surface area contributed by atoms with E-state index in [2.05, 4.69) is 10.9 Å². The molecule has 0 bridgehead atoms. The minimum absolute atomic E-state index is 0.00337. The van der Waals surface area contributed by atoms with Crippen molar-refractivity contribution in [2.75, 3.05) is 0 Å². The molecule has 0 aliphatic rings. The molecule has 2 aromatic rings. The van der Waals surface area contributed by atoms with Crippen LogP contribution in [0.3, 0.4) is 0 Å². The van der Waals surface area contributed by atoms with Gasteiger partial charge in [0.15, 0.2) is 0 Å². The molecule has 10 heteroatoms. The molecule has 0 aromatic heterocycles. The van der Waals surface area contributed by atoms with Crippen LogP contribution in [0.5, 0.6) is 0 Å². The zero-order valence-corrected chi connectivity index (χ0v) is 15.7. The number of carbonyl (C=O) groups is 2. The third kappa shape index (κ3) is 5.70. The number of primary sulfonamides is 1. The maximum Gasteiger partial charge on any atom is 0.271 e. The highest BCUT2D eigenvalue weighted by Gasteiger charge is 2.12. The fraction of sp³-hybridized carbons (Fsp3) is 0.125. The van der Waals surface area contributed by atoms with Crippen LogP contribution in [0.1, 0.15) is 22.3 Å². The molecule has 26 heavy (non-hydrogen) atoms. The van der Waals surface area contributed by atoms with Crippen LogP contribution in [0.4, 0.5) is 0 Å². The molecule has 0 saturated heterocycles. The number of rotatable bonds is 5. The number of sulfonamides is 1. The largest absolute Gasteiger partial charge is 0.273 e. The quantitative estimate of drug-likeness (QED) is 0.647. The number of hydrazine groups is 1. The van der Waals surface area contributed by atoms with Gasteiger partial charge in [-0.25, -0.2) is 13.6 Å². The minimum atomic E-state index is -3.75. The van der Waals surface area contributed by atoms with Gasteiger partial charge in [-0.15, -0.1) is 0 Å². The third-order valence-electron chi connectivity index (χ3n) is 3.38. The predicted octanol–water partition coefficient (Wildman–Crippen LogP) is 2.03. The van der Waals surface area contributed by atoms with E-state index in [0.717, 1.165) is 5.56 Å². The summed E-state index contributed by atoms with van der Waals surface area (Å²) < 4.78 is 22.4. The molecule has 7 nitrogen and oxygen atoms in total. The van der Waals surface area contributed by atoms with E-state index in [1.807, 2.05) is 0 Å². The third-order valence-corrected chi connectivity index (χ3v) is 4.88. The average Bonchev–Trinajstić information content (AvgIpc) is 2.59. The highest BCUT2D eigenvalue weighted by Crippen LogP contribution is 2.20. The Balaban J connectivity index is 1.85. The standard InChI is InChI=1S/C16H15Cl2N3O4S/c17-11-4-7-14(18)13(9-11)16(23)21-20-15(22)8-3-10-1-5-12(6-2-10)26(19,24)25/h1-2,4-7,9H,3,8H2,(H,20,22)(H,21,23)(H2,19,24,25). The van der Waals surface area contributed by atoms with Crippen molar-refractivity contribution in [2.45, 2.75) is 17.7 Å². The number of hydrogen-bond acceptors (Lipinski definition) is 4. The van der Waals surface area contributed by atoms with Gasteiger partial charge in [0.05, 0.1) is 15.5 Å². The Hall–Kier alpha value is -2.13. The van der Waals surface area contributed by atoms with Crippen molar-refractivity contribution in [3.63, 3.8) is 0 Å². The number of nitrogens with two attached hydrogens (primary N) is 1. The molecule has 0 radical (unpaired) electrons. The van der Waals surface area contributed by atoms with Crippen LogP contribution in [0.15, 0.2) is 47.4 Å². The van der Waals surface area contributed by atoms with E-state index in [1.54, 1.807) is 18.2 Å². The van der Waals surface area contributed by atoms with E-state index in [-0.39, 0.29) is 21.9 Å². The number of halogens is 2. The first kappa shape index (κ1) is 20.2. The zero-order chi connectivity index (χ0) is 19.3. The van der Waals surface area contributed by atoms with E-state index < -0.39 is 21.8 Å². The molecule has 0 fully saturated rings. The summed E-state index contributed by atoms with van der Waals surface area (Å²) in [4.78, 5) is 23.8. The second kappa shape index (κ2) is 8.50. The molecule has 0 heterocycles. The second-order valence-corrected chi connectivity index (χ2v) is 7.72. The van der Waals surface area contributed by atoms with Gasteiger partial charge in [-0.3, -0.25) is 20.4 Å². The minimum Gasteiger partial charge on any atom is -0.273 e. The van der Waals surface area contributed by atoms with Crippen molar-refractivity contribution in [3.8, 4) is 0 Å². The van der Waals surface area contributed by atoms with E-state index in [4.69, 9.17) is 28.3 Å². The SMILES string of the molecule is NS(=O)(=O)c1ccc(CCC(=O)NNC(=O)c2cc(Cl)ccc2Cl)cc1. The van der Waals surface area contributed by atoms with Crippen LogP contribution in [0, 0.1) is 0 Å². The molecule has 0 unspecified atom stereocenters. The van der Waals surface area contributed by atoms with Crippen molar-refractivity contribution in [3.05, 3.63) is 63.6 Å². The Morgan fingerprint density at radius 2 is 1.65 bits per heavy atom. The van der Waals surface area contributed by atoms with Crippen molar-refractivity contribution in [1.29, 1.82) is 0 Å². The summed E-state index contributed by atoms with van der Waals surface area (Å²) in [7, 11) is -3.75. The lowest BCUT2D eigenvalue weighted by Gasteiger charge is -2.09. The van der Waals surface area contributed by atoms with Gasteiger partial charge in [-0.1, -0.05) is 35.3 Å². The summed E-state index contributed by atoms with van der Waals surface area (Å²) in [5.41, 5.74) is 5.42. The Morgan fingerprint density at radius 3 is 2.27 bits per heavy atom. The maximum atomic E-state index is 12.0. The lowest BCUT2D eigenvalue weighted by molar-refractivity contribution is -0.121. The van der Waals surface area contributed by atoms with Crippen molar-refractivity contribution in [2.24, 2.45) is 5.14 Å². The maximum absolute atomic E-state index is 12.0. The Labute approximate surface area is 160 Å². The van der Waals surface area contributed by atoms with Gasteiger partial charge in [0.2, 0.25) is 15.9 Å². The molecule has 2 aromatic carbocycles. The van der Waals surface area contributed by atoms with E-state index in [9.17, 15) is 18.0 Å². The first-order valence-corrected chi connectivity index (χ1v) is 9.63. The number of carbonyl (C=O) groups excluding carboxylic acids is 2. The second-order valence-electron chi connectivity index (χ2n) is 5.32. The monoisotopic (exact) mass is 415 g/mol. The lowest BCUT2D eigenvalue weighted by Crippen LogP contribution is -2.41. The van der Waals surface area contributed by atoms with Gasteiger partial charge < -0.3 is 0 Å². The van der Waals surface area contributed by atoms with Gasteiger partial charge >= 0.3 is 0 Å². The lowest BCUT2D eigenvalue weighted by atomic mass is 10.1. The number of benzene rings is 2. The summed E-state index contributed by atoms with van der Waals surface area (Å²) in [5.74, 6) is -1.02. The van der Waals surface area contributed by atoms with E-state index >= 15 is 0 Å². The number of amides is 2. The molecule has 0 spiro atoms. The first-order valence-electron chi connectivity index (χ1n) is 7.33. The molecule has 0 saturated carbocycles. The van der Waals surface area contributed by atoms with Crippen LogP contribution in [-0.2, 0) is 21.2 Å². The van der Waals surface area contributed by atoms with Crippen molar-refractivity contribution >= 4 is 45.0 Å². The number of hydrogen-bond donors (Lipinski definition) is 3. The van der Waals surface area contributed by atoms with Gasteiger partial charge in [0, 0.05) is 11.4 Å². The molecule has 0 aliphatic heterocycles. The Bertz CT molecular complexity index is 931. The Morgan fingerprint density at radius 1 is 1.00 bits per heavy atom. The van der Waals surface area contributed by atoms with Crippen LogP contribution in [0.25, 0.3) is 0 Å². The highest BCUT2D eigenvalue weighted by molar-refractivity contribution is 7.89. The van der Waals surface area contributed by atoms with Gasteiger partial charge in [-0.05, 0) is 42.3 Å². The normalized spacial score (nSPS) is 11.0. The molecular formula is C16H15Cl2N3O4S. The summed E-state index contributed by atoms with van der Waals surface area (Å²) >= 11 is 11.7. The fourth-order valence-corrected chi connectivity index (χ4v) is 2.92.